The van der Waals surface area contributed by atoms with Gasteiger partial charge in [0.15, 0.2) is 0 Å². The zero-order chi connectivity index (χ0) is 18.9. The van der Waals surface area contributed by atoms with Gasteiger partial charge in [-0.25, -0.2) is 4.79 Å². The Morgan fingerprint density at radius 1 is 1.19 bits per heavy atom. The minimum atomic E-state index is -0.0882. The zero-order valence-electron chi connectivity index (χ0n) is 15.5. The van der Waals surface area contributed by atoms with Gasteiger partial charge in [-0.1, -0.05) is 36.4 Å². The summed E-state index contributed by atoms with van der Waals surface area (Å²) in [5.74, 6) is 0. The molecule has 1 aromatic heterocycles. The Morgan fingerprint density at radius 2 is 2.00 bits per heavy atom. The quantitative estimate of drug-likeness (QED) is 0.728. The van der Waals surface area contributed by atoms with Gasteiger partial charge in [0.2, 0.25) is 5.56 Å². The molecule has 1 saturated heterocycles. The highest BCUT2D eigenvalue weighted by Crippen LogP contribution is 2.15. The number of rotatable bonds is 8. The Bertz CT molecular complexity index is 769. The van der Waals surface area contributed by atoms with E-state index in [9.17, 15) is 9.59 Å². The maximum absolute atomic E-state index is 12.7. The van der Waals surface area contributed by atoms with Crippen LogP contribution in [-0.4, -0.2) is 41.3 Å². The van der Waals surface area contributed by atoms with E-state index in [-0.39, 0.29) is 17.7 Å². The Kier molecular flexibility index (Phi) is 7.04. The van der Waals surface area contributed by atoms with Crippen LogP contribution in [0.2, 0.25) is 0 Å². The molecule has 0 radical (unpaired) electrons. The second kappa shape index (κ2) is 9.92. The molecule has 144 valence electrons. The molecule has 27 heavy (non-hydrogen) atoms. The Balaban J connectivity index is 1.51. The Hall–Kier alpha value is -2.60. The van der Waals surface area contributed by atoms with E-state index >= 15 is 0 Å². The van der Waals surface area contributed by atoms with E-state index in [0.29, 0.717) is 32.6 Å². The summed E-state index contributed by atoms with van der Waals surface area (Å²) in [6, 6.07) is 15.0. The monoisotopic (exact) mass is 369 g/mol. The van der Waals surface area contributed by atoms with E-state index in [1.807, 2.05) is 41.3 Å². The lowest BCUT2D eigenvalue weighted by Gasteiger charge is -2.26. The number of ether oxygens (including phenoxy) is 1. The summed E-state index contributed by atoms with van der Waals surface area (Å²) < 4.78 is 7.36. The number of nitrogens with zero attached hydrogens (tertiary/aromatic N) is 2. The van der Waals surface area contributed by atoms with Gasteiger partial charge in [-0.05, 0) is 30.9 Å². The van der Waals surface area contributed by atoms with Crippen LogP contribution in [0.3, 0.4) is 0 Å². The number of benzene rings is 1. The van der Waals surface area contributed by atoms with Crippen molar-refractivity contribution in [2.24, 2.45) is 0 Å². The van der Waals surface area contributed by atoms with Crippen LogP contribution >= 0.6 is 0 Å². The summed E-state index contributed by atoms with van der Waals surface area (Å²) in [7, 11) is 0. The van der Waals surface area contributed by atoms with Crippen LogP contribution < -0.4 is 10.9 Å². The Labute approximate surface area is 159 Å². The molecule has 3 rings (SSSR count). The van der Waals surface area contributed by atoms with Gasteiger partial charge in [-0.15, -0.1) is 0 Å². The van der Waals surface area contributed by atoms with E-state index in [2.05, 4.69) is 5.32 Å². The molecule has 0 bridgehead atoms. The maximum Gasteiger partial charge on any atom is 0.317 e. The zero-order valence-corrected chi connectivity index (χ0v) is 15.5. The first-order valence-corrected chi connectivity index (χ1v) is 9.56. The molecular formula is C21H27N3O3. The molecule has 0 aliphatic carbocycles. The van der Waals surface area contributed by atoms with Gasteiger partial charge >= 0.3 is 6.03 Å². The summed E-state index contributed by atoms with van der Waals surface area (Å²) >= 11 is 0. The lowest BCUT2D eigenvalue weighted by atomic mass is 10.2. The highest BCUT2D eigenvalue weighted by molar-refractivity contribution is 5.74. The summed E-state index contributed by atoms with van der Waals surface area (Å²) in [6.45, 7) is 3.04. The number of carbonyl (C=O) groups is 1. The molecule has 0 unspecified atom stereocenters. The largest absolute Gasteiger partial charge is 0.376 e. The average Bonchev–Trinajstić information content (AvgIpc) is 3.20. The number of aromatic nitrogens is 1. The van der Waals surface area contributed by atoms with Gasteiger partial charge in [-0.3, -0.25) is 4.79 Å². The fourth-order valence-corrected chi connectivity index (χ4v) is 3.26. The van der Waals surface area contributed by atoms with Crippen LogP contribution in [-0.2, 0) is 17.8 Å². The van der Waals surface area contributed by atoms with Crippen molar-refractivity contribution in [3.05, 3.63) is 70.6 Å². The van der Waals surface area contributed by atoms with Gasteiger partial charge in [0.25, 0.3) is 0 Å². The molecule has 1 aliphatic rings. The standard InChI is InChI=1S/C21H27N3O3/c25-20-11-4-5-13-23(20)14-7-12-22-21(26)24(17-19-10-6-15-27-19)16-18-8-2-1-3-9-18/h1-5,8-9,11,13,19H,6-7,10,12,14-17H2,(H,22,26)/t19-/m0/s1. The molecule has 1 aromatic carbocycles. The molecule has 6 nitrogen and oxygen atoms in total. The van der Waals surface area contributed by atoms with Crippen LogP contribution in [0.15, 0.2) is 59.5 Å². The van der Waals surface area contributed by atoms with Crippen molar-refractivity contribution in [1.82, 2.24) is 14.8 Å². The molecule has 1 fully saturated rings. The molecule has 2 heterocycles. The second-order valence-electron chi connectivity index (χ2n) is 6.82. The summed E-state index contributed by atoms with van der Waals surface area (Å²) in [6.07, 6.45) is 4.63. The number of nitrogens with one attached hydrogen (secondary N) is 1. The first-order chi connectivity index (χ1) is 13.2. The normalized spacial score (nSPS) is 16.2. The highest BCUT2D eigenvalue weighted by Gasteiger charge is 2.22. The summed E-state index contributed by atoms with van der Waals surface area (Å²) in [4.78, 5) is 26.2. The molecular weight excluding hydrogens is 342 g/mol. The van der Waals surface area contributed by atoms with Crippen LogP contribution in [0.1, 0.15) is 24.8 Å². The Morgan fingerprint density at radius 3 is 2.74 bits per heavy atom. The number of hydrogen-bond donors (Lipinski definition) is 1. The molecule has 2 aromatic rings. The predicted octanol–water partition coefficient (Wildman–Crippen LogP) is 2.63. The maximum atomic E-state index is 12.7. The first kappa shape index (κ1) is 19.2. The van der Waals surface area contributed by atoms with Crippen LogP contribution in [0.5, 0.6) is 0 Å². The number of hydrogen-bond acceptors (Lipinski definition) is 3. The molecule has 0 spiro atoms. The molecule has 1 N–H and O–H groups in total. The minimum absolute atomic E-state index is 0.0205. The van der Waals surface area contributed by atoms with E-state index in [4.69, 9.17) is 4.74 Å². The van der Waals surface area contributed by atoms with Gasteiger partial charge in [0.1, 0.15) is 0 Å². The summed E-state index contributed by atoms with van der Waals surface area (Å²) in [5.41, 5.74) is 1.08. The average molecular weight is 369 g/mol. The molecule has 1 atom stereocenters. The predicted molar refractivity (Wildman–Crippen MR) is 105 cm³/mol. The van der Waals surface area contributed by atoms with Gasteiger partial charge in [-0.2, -0.15) is 0 Å². The SMILES string of the molecule is O=C(NCCCn1ccccc1=O)N(Cc1ccccc1)C[C@@H]1CCCO1. The number of urea groups is 1. The van der Waals surface area contributed by atoms with E-state index in [1.165, 1.54) is 0 Å². The smallest absolute Gasteiger partial charge is 0.317 e. The van der Waals surface area contributed by atoms with Crippen LogP contribution in [0.4, 0.5) is 4.79 Å². The van der Waals surface area contributed by atoms with Crippen molar-refractivity contribution in [2.45, 2.75) is 38.5 Å². The molecule has 0 saturated carbocycles. The fourth-order valence-electron chi connectivity index (χ4n) is 3.26. The van der Waals surface area contributed by atoms with Crippen molar-refractivity contribution in [3.8, 4) is 0 Å². The minimum Gasteiger partial charge on any atom is -0.376 e. The number of aryl methyl sites for hydroxylation is 1. The first-order valence-electron chi connectivity index (χ1n) is 9.56. The number of pyridine rings is 1. The third kappa shape index (κ3) is 5.96. The molecule has 6 heteroatoms. The number of amides is 2. The van der Waals surface area contributed by atoms with Crippen molar-refractivity contribution in [3.63, 3.8) is 0 Å². The van der Waals surface area contributed by atoms with E-state index in [0.717, 1.165) is 25.0 Å². The third-order valence-corrected chi connectivity index (χ3v) is 4.70. The van der Waals surface area contributed by atoms with Crippen molar-refractivity contribution in [1.29, 1.82) is 0 Å². The van der Waals surface area contributed by atoms with Crippen molar-refractivity contribution in [2.75, 3.05) is 19.7 Å². The fraction of sp³-hybridized carbons (Fsp3) is 0.429. The molecule has 2 amide bonds. The third-order valence-electron chi connectivity index (χ3n) is 4.70. The second-order valence-corrected chi connectivity index (χ2v) is 6.82. The number of carbonyl (C=O) groups excluding carboxylic acids is 1. The summed E-state index contributed by atoms with van der Waals surface area (Å²) in [5, 5.41) is 2.98. The van der Waals surface area contributed by atoms with Crippen LogP contribution in [0, 0.1) is 0 Å². The highest BCUT2D eigenvalue weighted by atomic mass is 16.5. The van der Waals surface area contributed by atoms with E-state index in [1.54, 1.807) is 22.9 Å². The van der Waals surface area contributed by atoms with Crippen molar-refractivity contribution < 1.29 is 9.53 Å². The molecule has 1 aliphatic heterocycles. The van der Waals surface area contributed by atoms with Gasteiger partial charge in [0, 0.05) is 45.0 Å². The van der Waals surface area contributed by atoms with Gasteiger partial charge < -0.3 is 19.5 Å². The van der Waals surface area contributed by atoms with E-state index < -0.39 is 0 Å². The van der Waals surface area contributed by atoms with Crippen LogP contribution in [0.25, 0.3) is 0 Å². The lowest BCUT2D eigenvalue weighted by molar-refractivity contribution is 0.0795. The topological polar surface area (TPSA) is 63.6 Å². The lowest BCUT2D eigenvalue weighted by Crippen LogP contribution is -2.43. The van der Waals surface area contributed by atoms with Crippen molar-refractivity contribution >= 4 is 6.03 Å². The van der Waals surface area contributed by atoms with Gasteiger partial charge in [0.05, 0.1) is 6.10 Å².